The summed E-state index contributed by atoms with van der Waals surface area (Å²) in [6, 6.07) is 12.1. The van der Waals surface area contributed by atoms with Crippen molar-refractivity contribution in [3.8, 4) is 22.3 Å². The van der Waals surface area contributed by atoms with E-state index < -0.39 is 17.3 Å². The number of hydrogen-bond acceptors (Lipinski definition) is 6. The van der Waals surface area contributed by atoms with Gasteiger partial charge in [-0.25, -0.2) is 14.4 Å². The Bertz CT molecular complexity index is 1440. The molecule has 7 nitrogen and oxygen atoms in total. The molecule has 5 rings (SSSR count). The van der Waals surface area contributed by atoms with Gasteiger partial charge in [0.1, 0.15) is 11.6 Å². The number of aromatic amines is 1. The van der Waals surface area contributed by atoms with E-state index in [0.717, 1.165) is 37.9 Å². The molecule has 0 spiro atoms. The van der Waals surface area contributed by atoms with Crippen LogP contribution in [0.4, 0.5) is 20.3 Å². The van der Waals surface area contributed by atoms with Crippen molar-refractivity contribution in [2.45, 2.75) is 19.9 Å². The Morgan fingerprint density at radius 1 is 0.971 bits per heavy atom. The zero-order valence-corrected chi connectivity index (χ0v) is 19.6. The van der Waals surface area contributed by atoms with E-state index in [9.17, 15) is 13.6 Å². The number of nitrogens with zero attached hydrogens (tertiary/aromatic N) is 4. The molecule has 0 amide bonds. The molecule has 1 saturated heterocycles. The van der Waals surface area contributed by atoms with Gasteiger partial charge in [-0.1, -0.05) is 12.1 Å². The van der Waals surface area contributed by atoms with Crippen LogP contribution in [0.2, 0.25) is 0 Å². The average Bonchev–Trinajstić information content (AvgIpc) is 2.85. The first kappa shape index (κ1) is 22.9. The van der Waals surface area contributed by atoms with E-state index in [1.807, 2.05) is 24.3 Å². The van der Waals surface area contributed by atoms with Gasteiger partial charge in [0.25, 0.3) is 5.56 Å². The predicted molar refractivity (Wildman–Crippen MR) is 134 cm³/mol. The van der Waals surface area contributed by atoms with Gasteiger partial charge in [0.15, 0.2) is 0 Å². The lowest BCUT2D eigenvalue weighted by atomic mass is 9.99. The van der Waals surface area contributed by atoms with Crippen LogP contribution in [-0.4, -0.2) is 52.1 Å². The average molecular weight is 477 g/mol. The molecule has 180 valence electrons. The van der Waals surface area contributed by atoms with Crippen molar-refractivity contribution in [3.05, 3.63) is 70.9 Å². The number of benzene rings is 2. The molecule has 3 heterocycles. The van der Waals surface area contributed by atoms with E-state index in [1.165, 1.54) is 18.5 Å². The monoisotopic (exact) mass is 476 g/mol. The molecule has 4 aromatic rings. The van der Waals surface area contributed by atoms with Crippen molar-refractivity contribution in [1.29, 1.82) is 0 Å². The van der Waals surface area contributed by atoms with Gasteiger partial charge in [-0.15, -0.1) is 0 Å². The standard InChI is InChI=1S/C26H26F2N6O/c1-15(2)33-7-9-34(10-8-33)17-5-3-16(4-6-17)18-11-20(25(29)32-24(18)28)19-13-23-21(12-22(19)27)26(35)31-14-30-23/h3-6,11-15H,7-10H2,1-2H3,(H2,29,32)(H,30,31,35). The van der Waals surface area contributed by atoms with Crippen LogP contribution in [0.5, 0.6) is 0 Å². The summed E-state index contributed by atoms with van der Waals surface area (Å²) in [6.07, 6.45) is 1.24. The Labute approximate surface area is 201 Å². The Morgan fingerprint density at radius 2 is 1.69 bits per heavy atom. The fraction of sp³-hybridized carbons (Fsp3) is 0.269. The number of fused-ring (bicyclic) bond motifs is 1. The van der Waals surface area contributed by atoms with Gasteiger partial charge >= 0.3 is 0 Å². The number of halogens is 2. The lowest BCUT2D eigenvalue weighted by Gasteiger charge is -2.38. The zero-order chi connectivity index (χ0) is 24.7. The molecule has 35 heavy (non-hydrogen) atoms. The molecule has 3 N–H and O–H groups in total. The highest BCUT2D eigenvalue weighted by molar-refractivity contribution is 5.87. The lowest BCUT2D eigenvalue weighted by molar-refractivity contribution is 0.209. The van der Waals surface area contributed by atoms with Gasteiger partial charge in [0.05, 0.1) is 17.2 Å². The van der Waals surface area contributed by atoms with Crippen LogP contribution in [0.3, 0.4) is 0 Å². The first-order valence-electron chi connectivity index (χ1n) is 11.5. The molecule has 1 aliphatic heterocycles. The number of nitrogen functional groups attached to an aromatic ring is 1. The number of nitrogens with two attached hydrogens (primary N) is 1. The fourth-order valence-electron chi connectivity index (χ4n) is 4.57. The van der Waals surface area contributed by atoms with Crippen molar-refractivity contribution in [2.75, 3.05) is 36.8 Å². The molecule has 0 bridgehead atoms. The molecule has 0 radical (unpaired) electrons. The molecular formula is C26H26F2N6O. The highest BCUT2D eigenvalue weighted by Gasteiger charge is 2.20. The SMILES string of the molecule is CC(C)N1CCN(c2ccc(-c3cc(-c4cc5nc[nH]c(=O)c5cc4F)c(N)nc3F)cc2)CC1. The Balaban J connectivity index is 1.48. The van der Waals surface area contributed by atoms with Crippen LogP contribution >= 0.6 is 0 Å². The molecule has 2 aromatic heterocycles. The number of piperazine rings is 1. The van der Waals surface area contributed by atoms with Crippen molar-refractivity contribution < 1.29 is 8.78 Å². The van der Waals surface area contributed by atoms with Crippen molar-refractivity contribution in [1.82, 2.24) is 19.9 Å². The van der Waals surface area contributed by atoms with E-state index in [2.05, 4.69) is 38.6 Å². The molecule has 0 atom stereocenters. The van der Waals surface area contributed by atoms with Gasteiger partial charge in [-0.2, -0.15) is 4.39 Å². The highest BCUT2D eigenvalue weighted by atomic mass is 19.1. The second-order valence-corrected chi connectivity index (χ2v) is 9.00. The van der Waals surface area contributed by atoms with Crippen molar-refractivity contribution >= 4 is 22.4 Å². The number of rotatable bonds is 4. The largest absolute Gasteiger partial charge is 0.383 e. The van der Waals surface area contributed by atoms with Crippen LogP contribution in [0.1, 0.15) is 13.8 Å². The second-order valence-electron chi connectivity index (χ2n) is 9.00. The van der Waals surface area contributed by atoms with E-state index in [0.29, 0.717) is 17.1 Å². The maximum atomic E-state index is 15.0. The number of hydrogen-bond donors (Lipinski definition) is 2. The summed E-state index contributed by atoms with van der Waals surface area (Å²) in [5, 5.41) is 0.118. The van der Waals surface area contributed by atoms with Crippen LogP contribution in [-0.2, 0) is 0 Å². The topological polar surface area (TPSA) is 91.1 Å². The maximum absolute atomic E-state index is 15.0. The normalized spacial score (nSPS) is 14.7. The number of H-pyrrole nitrogens is 1. The third-order valence-electron chi connectivity index (χ3n) is 6.61. The molecule has 0 saturated carbocycles. The van der Waals surface area contributed by atoms with Gasteiger partial charge in [0, 0.05) is 54.6 Å². The molecule has 9 heteroatoms. The van der Waals surface area contributed by atoms with Crippen LogP contribution in [0, 0.1) is 11.8 Å². The molecule has 1 aliphatic rings. The first-order valence-corrected chi connectivity index (χ1v) is 11.5. The molecule has 2 aromatic carbocycles. The number of aromatic nitrogens is 3. The summed E-state index contributed by atoms with van der Waals surface area (Å²) in [7, 11) is 0. The maximum Gasteiger partial charge on any atom is 0.258 e. The zero-order valence-electron chi connectivity index (χ0n) is 19.6. The van der Waals surface area contributed by atoms with Gasteiger partial charge in [-0.05, 0) is 49.7 Å². The van der Waals surface area contributed by atoms with E-state index in [1.54, 1.807) is 0 Å². The summed E-state index contributed by atoms with van der Waals surface area (Å²) in [5.41, 5.74) is 8.06. The van der Waals surface area contributed by atoms with E-state index in [-0.39, 0.29) is 27.9 Å². The summed E-state index contributed by atoms with van der Waals surface area (Å²) in [5.74, 6) is -1.55. The number of nitrogens with one attached hydrogen (secondary N) is 1. The summed E-state index contributed by atoms with van der Waals surface area (Å²) < 4.78 is 29.8. The molecule has 0 aliphatic carbocycles. The van der Waals surface area contributed by atoms with Gasteiger partial charge < -0.3 is 15.6 Å². The van der Waals surface area contributed by atoms with Crippen LogP contribution in [0.15, 0.2) is 53.6 Å². The molecule has 0 unspecified atom stereocenters. The Kier molecular flexibility index (Phi) is 5.94. The van der Waals surface area contributed by atoms with E-state index in [4.69, 9.17) is 5.73 Å². The first-order chi connectivity index (χ1) is 16.8. The minimum atomic E-state index is -0.736. The molecule has 1 fully saturated rings. The van der Waals surface area contributed by atoms with Crippen LogP contribution < -0.4 is 16.2 Å². The number of pyridine rings is 1. The van der Waals surface area contributed by atoms with Crippen molar-refractivity contribution in [3.63, 3.8) is 0 Å². The third-order valence-corrected chi connectivity index (χ3v) is 6.61. The summed E-state index contributed by atoms with van der Waals surface area (Å²) in [4.78, 5) is 27.1. The van der Waals surface area contributed by atoms with Gasteiger partial charge in [0.2, 0.25) is 5.95 Å². The number of anilines is 2. The summed E-state index contributed by atoms with van der Waals surface area (Å²) in [6.45, 7) is 8.26. The lowest BCUT2D eigenvalue weighted by Crippen LogP contribution is -2.48. The molecular weight excluding hydrogens is 450 g/mol. The quantitative estimate of drug-likeness (QED) is 0.432. The second kappa shape index (κ2) is 9.07. The minimum absolute atomic E-state index is 0.0986. The minimum Gasteiger partial charge on any atom is -0.383 e. The van der Waals surface area contributed by atoms with E-state index >= 15 is 0 Å². The Morgan fingerprint density at radius 3 is 2.37 bits per heavy atom. The third kappa shape index (κ3) is 4.35. The smallest absolute Gasteiger partial charge is 0.258 e. The highest BCUT2D eigenvalue weighted by Crippen LogP contribution is 2.34. The van der Waals surface area contributed by atoms with Gasteiger partial charge in [-0.3, -0.25) is 9.69 Å². The fourth-order valence-corrected chi connectivity index (χ4v) is 4.57. The Hall–Kier alpha value is -3.85. The van der Waals surface area contributed by atoms with Crippen LogP contribution in [0.25, 0.3) is 33.2 Å². The van der Waals surface area contributed by atoms with Crippen molar-refractivity contribution in [2.24, 2.45) is 0 Å². The summed E-state index contributed by atoms with van der Waals surface area (Å²) >= 11 is 0. The predicted octanol–water partition coefficient (Wildman–Crippen LogP) is 4.04.